The molecular formula is C23H15F9N4O2. The molecule has 4 amide bonds. The quantitative estimate of drug-likeness (QED) is 0.248. The van der Waals surface area contributed by atoms with E-state index in [9.17, 15) is 49.1 Å². The Hall–Kier alpha value is -4.43. The maximum atomic E-state index is 13.4. The van der Waals surface area contributed by atoms with Gasteiger partial charge in [0.05, 0.1) is 16.7 Å². The average molecular weight is 550 g/mol. The van der Waals surface area contributed by atoms with Gasteiger partial charge in [-0.3, -0.25) is 0 Å². The fraction of sp³-hybridized carbons (Fsp3) is 0.130. The summed E-state index contributed by atoms with van der Waals surface area (Å²) in [6.45, 7) is 0. The lowest BCUT2D eigenvalue weighted by molar-refractivity contribution is -0.138. The predicted octanol–water partition coefficient (Wildman–Crippen LogP) is 8.03. The molecule has 0 radical (unpaired) electrons. The van der Waals surface area contributed by atoms with Gasteiger partial charge in [0, 0.05) is 22.7 Å². The third-order valence-electron chi connectivity index (χ3n) is 4.67. The maximum Gasteiger partial charge on any atom is 0.416 e. The molecule has 0 aliphatic rings. The molecule has 0 spiro atoms. The first kappa shape index (κ1) is 28.1. The van der Waals surface area contributed by atoms with Crippen molar-refractivity contribution >= 4 is 34.8 Å². The predicted molar refractivity (Wildman–Crippen MR) is 120 cm³/mol. The molecular weight excluding hydrogens is 535 g/mol. The van der Waals surface area contributed by atoms with Crippen LogP contribution in [-0.2, 0) is 18.5 Å². The molecule has 38 heavy (non-hydrogen) atoms. The smallest absolute Gasteiger partial charge is 0.308 e. The molecule has 15 heteroatoms. The Labute approximate surface area is 207 Å². The van der Waals surface area contributed by atoms with Crippen molar-refractivity contribution in [3.05, 3.63) is 83.4 Å². The number of rotatable bonds is 4. The number of hydrogen-bond donors (Lipinski definition) is 4. The molecule has 3 rings (SSSR count). The SMILES string of the molecule is O=C(Nc1cccc(C(F)(F)F)c1)Nc1cc(NC(=O)Nc2cccc(C(F)(F)F)c2)cc(C(F)(F)F)c1. The molecule has 0 atom stereocenters. The standard InChI is InChI=1S/C23H15F9N4O2/c24-21(25,26)12-3-1-5-15(7-12)33-19(37)35-17-9-14(23(30,31)32)10-18(11-17)36-20(38)34-16-6-2-4-13(8-16)22(27,28)29/h1-11H,(H2,33,35,37)(H2,34,36,38). The number of alkyl halides is 9. The van der Waals surface area contributed by atoms with Gasteiger partial charge < -0.3 is 21.3 Å². The van der Waals surface area contributed by atoms with Crippen molar-refractivity contribution in [1.29, 1.82) is 0 Å². The number of carbonyl (C=O) groups is 2. The Bertz CT molecular complexity index is 1240. The number of urea groups is 2. The van der Waals surface area contributed by atoms with Gasteiger partial charge in [-0.25, -0.2) is 9.59 Å². The van der Waals surface area contributed by atoms with Gasteiger partial charge >= 0.3 is 30.6 Å². The van der Waals surface area contributed by atoms with E-state index in [-0.39, 0.29) is 11.4 Å². The molecule has 0 unspecified atom stereocenters. The molecule has 0 aliphatic heterocycles. The first-order valence-corrected chi connectivity index (χ1v) is 10.2. The molecule has 0 aromatic heterocycles. The molecule has 3 aromatic rings. The van der Waals surface area contributed by atoms with Gasteiger partial charge in [0.2, 0.25) is 0 Å². The van der Waals surface area contributed by atoms with Crippen LogP contribution in [0.4, 0.5) is 71.9 Å². The Morgan fingerprint density at radius 2 is 0.763 bits per heavy atom. The summed E-state index contributed by atoms with van der Waals surface area (Å²) in [5.74, 6) is 0. The van der Waals surface area contributed by atoms with Crippen LogP contribution in [0, 0.1) is 0 Å². The second-order valence-electron chi connectivity index (χ2n) is 7.61. The summed E-state index contributed by atoms with van der Waals surface area (Å²) in [7, 11) is 0. The van der Waals surface area contributed by atoms with Gasteiger partial charge in [-0.1, -0.05) is 12.1 Å². The number of carbonyl (C=O) groups excluding carboxylic acids is 2. The first-order chi connectivity index (χ1) is 17.5. The molecule has 4 N–H and O–H groups in total. The zero-order valence-electron chi connectivity index (χ0n) is 18.6. The van der Waals surface area contributed by atoms with Crippen LogP contribution in [0.15, 0.2) is 66.7 Å². The van der Waals surface area contributed by atoms with Crippen LogP contribution in [0.2, 0.25) is 0 Å². The van der Waals surface area contributed by atoms with Crippen molar-refractivity contribution < 1.29 is 49.1 Å². The van der Waals surface area contributed by atoms with Crippen LogP contribution in [0.1, 0.15) is 16.7 Å². The zero-order valence-corrected chi connectivity index (χ0v) is 18.6. The lowest BCUT2D eigenvalue weighted by Crippen LogP contribution is -2.22. The second kappa shape index (κ2) is 10.5. The Morgan fingerprint density at radius 1 is 0.447 bits per heavy atom. The maximum absolute atomic E-state index is 13.4. The summed E-state index contributed by atoms with van der Waals surface area (Å²) in [5, 5.41) is 8.14. The number of hydrogen-bond acceptors (Lipinski definition) is 2. The minimum Gasteiger partial charge on any atom is -0.308 e. The van der Waals surface area contributed by atoms with E-state index >= 15 is 0 Å². The largest absolute Gasteiger partial charge is 0.416 e. The van der Waals surface area contributed by atoms with Crippen LogP contribution < -0.4 is 21.3 Å². The van der Waals surface area contributed by atoms with E-state index in [1.165, 1.54) is 0 Å². The number of halogens is 9. The first-order valence-electron chi connectivity index (χ1n) is 10.2. The number of nitrogens with one attached hydrogen (secondary N) is 4. The Morgan fingerprint density at radius 3 is 1.11 bits per heavy atom. The fourth-order valence-corrected chi connectivity index (χ4v) is 3.07. The van der Waals surface area contributed by atoms with Crippen LogP contribution in [0.25, 0.3) is 0 Å². The third kappa shape index (κ3) is 7.78. The highest BCUT2D eigenvalue weighted by molar-refractivity contribution is 6.02. The van der Waals surface area contributed by atoms with E-state index in [0.29, 0.717) is 24.3 Å². The average Bonchev–Trinajstić information content (AvgIpc) is 2.77. The summed E-state index contributed by atoms with van der Waals surface area (Å²) < 4.78 is 117. The molecule has 0 aliphatic carbocycles. The van der Waals surface area contributed by atoms with Crippen LogP contribution in [-0.4, -0.2) is 12.1 Å². The second-order valence-corrected chi connectivity index (χ2v) is 7.61. The van der Waals surface area contributed by atoms with Gasteiger partial charge in [0.15, 0.2) is 0 Å². The molecule has 202 valence electrons. The Balaban J connectivity index is 1.77. The van der Waals surface area contributed by atoms with E-state index < -0.39 is 58.7 Å². The van der Waals surface area contributed by atoms with E-state index in [4.69, 9.17) is 0 Å². The summed E-state index contributed by atoms with van der Waals surface area (Å²) in [5.41, 5.74) is -5.08. The molecule has 0 heterocycles. The molecule has 0 saturated carbocycles. The molecule has 0 saturated heterocycles. The van der Waals surface area contributed by atoms with Crippen molar-refractivity contribution in [3.63, 3.8) is 0 Å². The summed E-state index contributed by atoms with van der Waals surface area (Å²) in [6.07, 6.45) is -14.3. The molecule has 3 aromatic carbocycles. The number of anilines is 4. The molecule has 6 nitrogen and oxygen atoms in total. The van der Waals surface area contributed by atoms with E-state index in [1.807, 2.05) is 21.3 Å². The minimum absolute atomic E-state index is 0.303. The van der Waals surface area contributed by atoms with E-state index in [2.05, 4.69) is 0 Å². The Kier molecular flexibility index (Phi) is 7.79. The minimum atomic E-state index is -4.94. The van der Waals surface area contributed by atoms with Gasteiger partial charge in [-0.15, -0.1) is 0 Å². The molecule has 0 fully saturated rings. The highest BCUT2D eigenvalue weighted by atomic mass is 19.4. The lowest BCUT2D eigenvalue weighted by Gasteiger charge is -2.15. The topological polar surface area (TPSA) is 82.3 Å². The normalized spacial score (nSPS) is 12.0. The summed E-state index contributed by atoms with van der Waals surface area (Å²) in [4.78, 5) is 24.4. The van der Waals surface area contributed by atoms with Gasteiger partial charge in [-0.2, -0.15) is 39.5 Å². The van der Waals surface area contributed by atoms with Gasteiger partial charge in [0.25, 0.3) is 0 Å². The van der Waals surface area contributed by atoms with Crippen molar-refractivity contribution in [1.82, 2.24) is 0 Å². The zero-order chi connectivity index (χ0) is 28.3. The number of benzene rings is 3. The van der Waals surface area contributed by atoms with E-state index in [0.717, 1.165) is 42.5 Å². The highest BCUT2D eigenvalue weighted by Crippen LogP contribution is 2.34. The van der Waals surface area contributed by atoms with Crippen molar-refractivity contribution in [2.45, 2.75) is 18.5 Å². The third-order valence-corrected chi connectivity index (χ3v) is 4.67. The number of amides is 4. The van der Waals surface area contributed by atoms with Crippen molar-refractivity contribution in [3.8, 4) is 0 Å². The van der Waals surface area contributed by atoms with Crippen LogP contribution >= 0.6 is 0 Å². The van der Waals surface area contributed by atoms with E-state index in [1.54, 1.807) is 0 Å². The van der Waals surface area contributed by atoms with Crippen LogP contribution in [0.5, 0.6) is 0 Å². The lowest BCUT2D eigenvalue weighted by atomic mass is 10.1. The highest BCUT2D eigenvalue weighted by Gasteiger charge is 2.33. The summed E-state index contributed by atoms with van der Waals surface area (Å²) >= 11 is 0. The van der Waals surface area contributed by atoms with Crippen LogP contribution in [0.3, 0.4) is 0 Å². The van der Waals surface area contributed by atoms with Gasteiger partial charge in [0.1, 0.15) is 0 Å². The monoisotopic (exact) mass is 550 g/mol. The van der Waals surface area contributed by atoms with Crippen molar-refractivity contribution in [2.75, 3.05) is 21.3 Å². The summed E-state index contributed by atoms with van der Waals surface area (Å²) in [6, 6.07) is 6.48. The fourth-order valence-electron chi connectivity index (χ4n) is 3.07. The van der Waals surface area contributed by atoms with Crippen molar-refractivity contribution in [2.24, 2.45) is 0 Å². The van der Waals surface area contributed by atoms with Gasteiger partial charge in [-0.05, 0) is 54.6 Å². The molecule has 0 bridgehead atoms.